The fourth-order valence-corrected chi connectivity index (χ4v) is 3.67. The molecule has 2 aromatic carbocycles. The molecule has 0 amide bonds. The zero-order valence-electron chi connectivity index (χ0n) is 15.1. The van der Waals surface area contributed by atoms with Gasteiger partial charge in [-0.25, -0.2) is 15.0 Å². The van der Waals surface area contributed by atoms with Gasteiger partial charge in [0, 0.05) is 23.2 Å². The number of anilines is 1. The Morgan fingerprint density at radius 2 is 1.86 bits per heavy atom. The molecule has 7 nitrogen and oxygen atoms in total. The molecule has 0 saturated carbocycles. The molecule has 7 heteroatoms. The van der Waals surface area contributed by atoms with Crippen molar-refractivity contribution in [1.29, 1.82) is 0 Å². The number of imidazole rings is 1. The molecule has 3 heterocycles. The van der Waals surface area contributed by atoms with Crippen molar-refractivity contribution in [3.63, 3.8) is 0 Å². The quantitative estimate of drug-likeness (QED) is 0.451. The molecule has 5 aromatic rings. The van der Waals surface area contributed by atoms with Gasteiger partial charge in [0.25, 0.3) is 0 Å². The summed E-state index contributed by atoms with van der Waals surface area (Å²) in [5.41, 5.74) is 18.7. The molecule has 3 aromatic heterocycles. The summed E-state index contributed by atoms with van der Waals surface area (Å²) in [6.07, 6.45) is 3.23. The second kappa shape index (κ2) is 6.47. The van der Waals surface area contributed by atoms with Crippen molar-refractivity contribution in [3.8, 4) is 11.1 Å². The number of rotatable bonds is 4. The van der Waals surface area contributed by atoms with Crippen LogP contribution in [0, 0.1) is 0 Å². The number of hydrogen-bond acceptors (Lipinski definition) is 5. The number of benzene rings is 2. The van der Waals surface area contributed by atoms with Crippen molar-refractivity contribution < 1.29 is 0 Å². The first-order valence-electron chi connectivity index (χ1n) is 9.05. The second-order valence-electron chi connectivity index (χ2n) is 6.72. The van der Waals surface area contributed by atoms with Gasteiger partial charge in [0.2, 0.25) is 0 Å². The van der Waals surface area contributed by atoms with Gasteiger partial charge in [-0.2, -0.15) is 0 Å². The van der Waals surface area contributed by atoms with E-state index in [9.17, 15) is 0 Å². The van der Waals surface area contributed by atoms with Crippen molar-refractivity contribution in [2.45, 2.75) is 13.1 Å². The highest BCUT2D eigenvalue weighted by Gasteiger charge is 2.15. The fraction of sp³-hybridized carbons (Fsp3) is 0.0952. The average Bonchev–Trinajstić information content (AvgIpc) is 3.34. The van der Waals surface area contributed by atoms with Crippen molar-refractivity contribution in [2.24, 2.45) is 5.73 Å². The number of nitrogens with two attached hydrogens (primary N) is 2. The minimum absolute atomic E-state index is 0.385. The number of H-pyrrole nitrogens is 1. The molecule has 0 atom stereocenters. The fourth-order valence-electron chi connectivity index (χ4n) is 3.67. The van der Waals surface area contributed by atoms with E-state index in [2.05, 4.69) is 50.3 Å². The number of aromatic amines is 1. The van der Waals surface area contributed by atoms with E-state index in [0.717, 1.165) is 33.3 Å². The molecule has 5 N–H and O–H groups in total. The minimum atomic E-state index is 0.385. The largest absolute Gasteiger partial charge is 0.382 e. The molecule has 138 valence electrons. The standard InChI is InChI=1S/C21H19N7/c22-9-15-8-14-6-7-16(13-4-2-1-3-5-13)17(18(14)27-15)10-28-12-26-19-20(23)24-11-25-21(19)28/h1-8,11-12,27H,9-10,22H2,(H2,23,24,25). The zero-order valence-corrected chi connectivity index (χ0v) is 15.1. The molecule has 0 radical (unpaired) electrons. The smallest absolute Gasteiger partial charge is 0.165 e. The summed E-state index contributed by atoms with van der Waals surface area (Å²) in [5.74, 6) is 0.385. The Bertz CT molecular complexity index is 1280. The number of fused-ring (bicyclic) bond motifs is 2. The van der Waals surface area contributed by atoms with Crippen LogP contribution in [0.5, 0.6) is 0 Å². The highest BCUT2D eigenvalue weighted by Crippen LogP contribution is 2.32. The number of nitrogens with one attached hydrogen (secondary N) is 1. The second-order valence-corrected chi connectivity index (χ2v) is 6.72. The van der Waals surface area contributed by atoms with Gasteiger partial charge in [0.15, 0.2) is 11.5 Å². The molecule has 0 fully saturated rings. The van der Waals surface area contributed by atoms with E-state index in [1.54, 1.807) is 6.33 Å². The lowest BCUT2D eigenvalue weighted by Crippen LogP contribution is -2.03. The van der Waals surface area contributed by atoms with Gasteiger partial charge in [0.1, 0.15) is 11.8 Å². The maximum Gasteiger partial charge on any atom is 0.165 e. The zero-order chi connectivity index (χ0) is 19.1. The Balaban J connectivity index is 1.73. The highest BCUT2D eigenvalue weighted by molar-refractivity contribution is 5.90. The first kappa shape index (κ1) is 16.5. The van der Waals surface area contributed by atoms with Gasteiger partial charge in [-0.3, -0.25) is 0 Å². The predicted octanol–water partition coefficient (Wildman–Crippen LogP) is 3.06. The Labute approximate surface area is 161 Å². The van der Waals surface area contributed by atoms with Crippen molar-refractivity contribution in [1.82, 2.24) is 24.5 Å². The summed E-state index contributed by atoms with van der Waals surface area (Å²) in [6.45, 7) is 1.06. The molecule has 28 heavy (non-hydrogen) atoms. The number of nitrogen functional groups attached to an aromatic ring is 1. The van der Waals surface area contributed by atoms with Gasteiger partial charge in [0.05, 0.1) is 18.4 Å². The summed E-state index contributed by atoms with van der Waals surface area (Å²) in [4.78, 5) is 16.3. The van der Waals surface area contributed by atoms with Crippen molar-refractivity contribution in [2.75, 3.05) is 5.73 Å². The van der Waals surface area contributed by atoms with Crippen LogP contribution in [0.3, 0.4) is 0 Å². The number of hydrogen-bond donors (Lipinski definition) is 3. The van der Waals surface area contributed by atoms with Crippen LogP contribution in [0.4, 0.5) is 5.82 Å². The minimum Gasteiger partial charge on any atom is -0.382 e. The van der Waals surface area contributed by atoms with Gasteiger partial charge in [-0.15, -0.1) is 0 Å². The Kier molecular flexibility index (Phi) is 3.80. The molecular weight excluding hydrogens is 350 g/mol. The molecule has 0 saturated heterocycles. The van der Waals surface area contributed by atoms with Gasteiger partial charge in [-0.1, -0.05) is 42.5 Å². The third-order valence-corrected chi connectivity index (χ3v) is 5.02. The van der Waals surface area contributed by atoms with Crippen LogP contribution in [-0.4, -0.2) is 24.5 Å². The first-order chi connectivity index (χ1) is 13.7. The molecule has 0 aliphatic heterocycles. The molecule has 0 unspecified atom stereocenters. The van der Waals surface area contributed by atoms with E-state index in [-0.39, 0.29) is 0 Å². The summed E-state index contributed by atoms with van der Waals surface area (Å²) in [7, 11) is 0. The maximum absolute atomic E-state index is 5.95. The third kappa shape index (κ3) is 2.60. The van der Waals surface area contributed by atoms with Crippen molar-refractivity contribution >= 4 is 27.9 Å². The highest BCUT2D eigenvalue weighted by atomic mass is 15.1. The molecule has 5 rings (SSSR count). The average molecular weight is 369 g/mol. The third-order valence-electron chi connectivity index (χ3n) is 5.02. The van der Waals surface area contributed by atoms with Crippen LogP contribution < -0.4 is 11.5 Å². The molecular formula is C21H19N7. The van der Waals surface area contributed by atoms with Crippen LogP contribution in [-0.2, 0) is 13.1 Å². The van der Waals surface area contributed by atoms with Crippen LogP contribution in [0.1, 0.15) is 11.3 Å². The first-order valence-corrected chi connectivity index (χ1v) is 9.05. The molecule has 0 spiro atoms. The SMILES string of the molecule is NCc1cc2ccc(-c3ccccc3)c(Cn3cnc4c(N)ncnc43)c2[nH]1. The van der Waals surface area contributed by atoms with Crippen LogP contribution >= 0.6 is 0 Å². The maximum atomic E-state index is 5.95. The number of nitrogens with zero attached hydrogens (tertiary/aromatic N) is 4. The predicted molar refractivity (Wildman–Crippen MR) is 110 cm³/mol. The van der Waals surface area contributed by atoms with Crippen LogP contribution in [0.25, 0.3) is 33.2 Å². The Morgan fingerprint density at radius 3 is 2.68 bits per heavy atom. The summed E-state index contributed by atoms with van der Waals surface area (Å²) in [6, 6.07) is 16.7. The number of aromatic nitrogens is 5. The van der Waals surface area contributed by atoms with E-state index in [4.69, 9.17) is 11.5 Å². The van der Waals surface area contributed by atoms with E-state index < -0.39 is 0 Å². The normalized spacial score (nSPS) is 11.5. The lowest BCUT2D eigenvalue weighted by molar-refractivity contribution is 0.818. The van der Waals surface area contributed by atoms with E-state index in [1.165, 1.54) is 6.33 Å². The van der Waals surface area contributed by atoms with Crippen LogP contribution in [0.15, 0.2) is 61.2 Å². The van der Waals surface area contributed by atoms with Gasteiger partial charge in [-0.05, 0) is 17.2 Å². The van der Waals surface area contributed by atoms with E-state index in [1.807, 2.05) is 22.8 Å². The van der Waals surface area contributed by atoms with E-state index >= 15 is 0 Å². The Hall–Kier alpha value is -3.71. The van der Waals surface area contributed by atoms with Gasteiger partial charge < -0.3 is 21.0 Å². The van der Waals surface area contributed by atoms with E-state index in [0.29, 0.717) is 30.1 Å². The summed E-state index contributed by atoms with van der Waals surface area (Å²) < 4.78 is 2.00. The van der Waals surface area contributed by atoms with Crippen molar-refractivity contribution in [3.05, 3.63) is 72.4 Å². The van der Waals surface area contributed by atoms with Gasteiger partial charge >= 0.3 is 0 Å². The Morgan fingerprint density at radius 1 is 1.00 bits per heavy atom. The topological polar surface area (TPSA) is 111 Å². The molecule has 0 aliphatic rings. The monoisotopic (exact) mass is 369 g/mol. The summed E-state index contributed by atoms with van der Waals surface area (Å²) in [5, 5.41) is 1.13. The molecule has 0 bridgehead atoms. The molecule has 0 aliphatic carbocycles. The lowest BCUT2D eigenvalue weighted by Gasteiger charge is -2.13. The lowest BCUT2D eigenvalue weighted by atomic mass is 9.97. The van der Waals surface area contributed by atoms with Crippen LogP contribution in [0.2, 0.25) is 0 Å². The summed E-state index contributed by atoms with van der Waals surface area (Å²) >= 11 is 0.